The van der Waals surface area contributed by atoms with Crippen molar-refractivity contribution in [2.24, 2.45) is 0 Å². The van der Waals surface area contributed by atoms with E-state index in [-0.39, 0.29) is 0 Å². The summed E-state index contributed by atoms with van der Waals surface area (Å²) in [5.74, 6) is 2.19. The molecule has 1 aliphatic carbocycles. The van der Waals surface area contributed by atoms with E-state index >= 15 is 0 Å². The van der Waals surface area contributed by atoms with Gasteiger partial charge in [0.1, 0.15) is 12.4 Å². The Morgan fingerprint density at radius 3 is 2.89 bits per heavy atom. The number of rotatable bonds is 7. The van der Waals surface area contributed by atoms with Crippen LogP contribution in [0.1, 0.15) is 26.2 Å². The van der Waals surface area contributed by atoms with E-state index in [9.17, 15) is 0 Å². The molecule has 3 heteroatoms. The average Bonchev–Trinajstić information content (AvgIpc) is 2.84. The summed E-state index contributed by atoms with van der Waals surface area (Å²) in [6.45, 7) is 3.95. The molecule has 1 aromatic rings. The molecule has 1 aromatic carbocycles. The van der Waals surface area contributed by atoms with E-state index in [0.29, 0.717) is 6.04 Å². The highest BCUT2D eigenvalue weighted by molar-refractivity contribution is 7.99. The van der Waals surface area contributed by atoms with Gasteiger partial charge in [0.05, 0.1) is 0 Å². The minimum Gasteiger partial charge on any atom is -0.492 e. The fourth-order valence-corrected chi connectivity index (χ4v) is 3.73. The third-order valence-corrected chi connectivity index (χ3v) is 4.68. The molecular weight excluding hydrogens is 242 g/mol. The van der Waals surface area contributed by atoms with E-state index in [0.717, 1.165) is 24.2 Å². The topological polar surface area (TPSA) is 21.3 Å². The summed E-state index contributed by atoms with van der Waals surface area (Å²) in [4.78, 5) is 0. The fourth-order valence-electron chi connectivity index (χ4n) is 2.50. The van der Waals surface area contributed by atoms with Gasteiger partial charge in [-0.1, -0.05) is 31.5 Å². The summed E-state index contributed by atoms with van der Waals surface area (Å²) < 4.78 is 5.69. The fraction of sp³-hybridized carbons (Fsp3) is 0.600. The second-order valence-electron chi connectivity index (χ2n) is 4.65. The van der Waals surface area contributed by atoms with Gasteiger partial charge in [-0.15, -0.1) is 0 Å². The zero-order valence-corrected chi connectivity index (χ0v) is 11.9. The Hall–Kier alpha value is -0.670. The lowest BCUT2D eigenvalue weighted by molar-refractivity contribution is 0.306. The van der Waals surface area contributed by atoms with Crippen LogP contribution in [-0.2, 0) is 0 Å². The number of nitrogens with one attached hydrogen (secondary N) is 1. The molecule has 0 bridgehead atoms. The van der Waals surface area contributed by atoms with Crippen molar-refractivity contribution in [3.05, 3.63) is 30.3 Å². The Morgan fingerprint density at radius 1 is 1.28 bits per heavy atom. The van der Waals surface area contributed by atoms with Gasteiger partial charge >= 0.3 is 0 Å². The molecule has 0 spiro atoms. The molecule has 0 aliphatic heterocycles. The second-order valence-corrected chi connectivity index (χ2v) is 6.16. The lowest BCUT2D eigenvalue weighted by Gasteiger charge is -2.20. The van der Waals surface area contributed by atoms with Crippen molar-refractivity contribution in [1.29, 1.82) is 0 Å². The Kier molecular flexibility index (Phi) is 5.88. The lowest BCUT2D eigenvalue weighted by atomic mass is 10.2. The normalized spacial score (nSPS) is 23.2. The van der Waals surface area contributed by atoms with Crippen molar-refractivity contribution >= 4 is 11.8 Å². The van der Waals surface area contributed by atoms with Crippen LogP contribution in [0.15, 0.2) is 30.3 Å². The van der Waals surface area contributed by atoms with Gasteiger partial charge in [-0.3, -0.25) is 0 Å². The Labute approximate surface area is 114 Å². The van der Waals surface area contributed by atoms with Crippen LogP contribution in [0.4, 0.5) is 0 Å². The quantitative estimate of drug-likeness (QED) is 0.764. The van der Waals surface area contributed by atoms with Crippen molar-refractivity contribution in [3.8, 4) is 5.75 Å². The molecule has 0 amide bonds. The summed E-state index contributed by atoms with van der Waals surface area (Å²) in [7, 11) is 0. The standard InChI is InChI=1S/C15H23NOS/c1-2-18-15-10-6-9-14(15)16-11-12-17-13-7-4-3-5-8-13/h3-5,7-8,14-16H,2,6,9-12H2,1H3. The van der Waals surface area contributed by atoms with Gasteiger partial charge in [0.25, 0.3) is 0 Å². The van der Waals surface area contributed by atoms with Crippen molar-refractivity contribution < 1.29 is 4.74 Å². The highest BCUT2D eigenvalue weighted by atomic mass is 32.2. The van der Waals surface area contributed by atoms with Crippen LogP contribution in [0.3, 0.4) is 0 Å². The predicted octanol–water partition coefficient (Wildman–Crippen LogP) is 3.33. The second kappa shape index (κ2) is 7.70. The van der Waals surface area contributed by atoms with Gasteiger partial charge in [-0.2, -0.15) is 11.8 Å². The first kappa shape index (κ1) is 13.8. The largest absolute Gasteiger partial charge is 0.492 e. The lowest BCUT2D eigenvalue weighted by Crippen LogP contribution is -2.36. The molecule has 1 aliphatic rings. The molecular formula is C15H23NOS. The summed E-state index contributed by atoms with van der Waals surface area (Å²) in [5.41, 5.74) is 0. The van der Waals surface area contributed by atoms with Crippen LogP contribution in [0.5, 0.6) is 5.75 Å². The van der Waals surface area contributed by atoms with Gasteiger partial charge in [0, 0.05) is 17.8 Å². The molecule has 1 fully saturated rings. The van der Waals surface area contributed by atoms with Gasteiger partial charge in [0.15, 0.2) is 0 Å². The van der Waals surface area contributed by atoms with E-state index in [2.05, 4.69) is 24.0 Å². The molecule has 2 atom stereocenters. The Balaban J connectivity index is 1.63. The monoisotopic (exact) mass is 265 g/mol. The van der Waals surface area contributed by atoms with Crippen LogP contribution in [0, 0.1) is 0 Å². The van der Waals surface area contributed by atoms with Crippen molar-refractivity contribution in [3.63, 3.8) is 0 Å². The van der Waals surface area contributed by atoms with E-state index in [1.165, 1.54) is 25.0 Å². The zero-order chi connectivity index (χ0) is 12.6. The molecule has 0 saturated heterocycles. The predicted molar refractivity (Wildman–Crippen MR) is 79.5 cm³/mol. The third-order valence-electron chi connectivity index (χ3n) is 3.35. The Morgan fingerprint density at radius 2 is 2.11 bits per heavy atom. The van der Waals surface area contributed by atoms with Crippen LogP contribution >= 0.6 is 11.8 Å². The maximum absolute atomic E-state index is 5.69. The van der Waals surface area contributed by atoms with Crippen molar-refractivity contribution in [2.75, 3.05) is 18.9 Å². The molecule has 100 valence electrons. The van der Waals surface area contributed by atoms with Gasteiger partial charge in [-0.05, 0) is 30.7 Å². The van der Waals surface area contributed by atoms with Crippen molar-refractivity contribution in [2.45, 2.75) is 37.5 Å². The molecule has 2 unspecified atom stereocenters. The SMILES string of the molecule is CCSC1CCCC1NCCOc1ccccc1. The molecule has 0 aromatic heterocycles. The molecule has 2 nitrogen and oxygen atoms in total. The molecule has 1 N–H and O–H groups in total. The molecule has 18 heavy (non-hydrogen) atoms. The van der Waals surface area contributed by atoms with E-state index in [1.807, 2.05) is 30.3 Å². The first-order chi connectivity index (χ1) is 8.90. The number of para-hydroxylation sites is 1. The van der Waals surface area contributed by atoms with E-state index < -0.39 is 0 Å². The molecule has 0 heterocycles. The number of ether oxygens (including phenoxy) is 1. The average molecular weight is 265 g/mol. The molecule has 0 radical (unpaired) electrons. The van der Waals surface area contributed by atoms with Gasteiger partial charge in [-0.25, -0.2) is 0 Å². The molecule has 2 rings (SSSR count). The number of benzene rings is 1. The Bertz CT molecular complexity index is 331. The highest BCUT2D eigenvalue weighted by Crippen LogP contribution is 2.29. The van der Waals surface area contributed by atoms with Crippen LogP contribution in [0.25, 0.3) is 0 Å². The van der Waals surface area contributed by atoms with E-state index in [1.54, 1.807) is 0 Å². The number of hydrogen-bond acceptors (Lipinski definition) is 3. The van der Waals surface area contributed by atoms with Crippen LogP contribution < -0.4 is 10.1 Å². The summed E-state index contributed by atoms with van der Waals surface area (Å²) in [6.07, 6.45) is 4.06. The minimum atomic E-state index is 0.689. The zero-order valence-electron chi connectivity index (χ0n) is 11.1. The summed E-state index contributed by atoms with van der Waals surface area (Å²) in [5, 5.41) is 4.45. The van der Waals surface area contributed by atoms with Gasteiger partial charge in [0.2, 0.25) is 0 Å². The van der Waals surface area contributed by atoms with Gasteiger partial charge < -0.3 is 10.1 Å². The first-order valence-corrected chi connectivity index (χ1v) is 7.98. The minimum absolute atomic E-state index is 0.689. The third kappa shape index (κ3) is 4.21. The number of hydrogen-bond donors (Lipinski definition) is 1. The highest BCUT2D eigenvalue weighted by Gasteiger charge is 2.26. The maximum atomic E-state index is 5.69. The number of thioether (sulfide) groups is 1. The van der Waals surface area contributed by atoms with Crippen LogP contribution in [-0.4, -0.2) is 30.2 Å². The first-order valence-electron chi connectivity index (χ1n) is 6.93. The summed E-state index contributed by atoms with van der Waals surface area (Å²) in [6, 6.07) is 10.7. The van der Waals surface area contributed by atoms with E-state index in [4.69, 9.17) is 4.74 Å². The summed E-state index contributed by atoms with van der Waals surface area (Å²) >= 11 is 2.10. The van der Waals surface area contributed by atoms with Crippen LogP contribution in [0.2, 0.25) is 0 Å². The smallest absolute Gasteiger partial charge is 0.119 e. The maximum Gasteiger partial charge on any atom is 0.119 e. The molecule has 1 saturated carbocycles. The van der Waals surface area contributed by atoms with Crippen molar-refractivity contribution in [1.82, 2.24) is 5.32 Å².